The first-order valence-electron chi connectivity index (χ1n) is 11.2. The number of nitrogens with one attached hydrogen (secondary N) is 1. The monoisotopic (exact) mass is 462 g/mol. The van der Waals surface area contributed by atoms with Crippen molar-refractivity contribution in [3.8, 4) is 0 Å². The van der Waals surface area contributed by atoms with Crippen LogP contribution in [0.2, 0.25) is 0 Å². The molecule has 0 spiro atoms. The largest absolute Gasteiger partial charge is 0.341 e. The number of urea groups is 1. The molecule has 0 bridgehead atoms. The van der Waals surface area contributed by atoms with Crippen LogP contribution in [0.15, 0.2) is 48.5 Å². The minimum atomic E-state index is -1.16. The quantitative estimate of drug-likeness (QED) is 0.598. The van der Waals surface area contributed by atoms with Gasteiger partial charge in [-0.25, -0.2) is 9.78 Å². The molecule has 1 aromatic heterocycles. The maximum absolute atomic E-state index is 13.1. The Balaban J connectivity index is 1.22. The van der Waals surface area contributed by atoms with E-state index >= 15 is 0 Å². The van der Waals surface area contributed by atoms with Crippen LogP contribution in [0.25, 0.3) is 10.2 Å². The molecule has 33 heavy (non-hydrogen) atoms. The van der Waals surface area contributed by atoms with Crippen molar-refractivity contribution in [2.75, 3.05) is 19.6 Å². The molecular weight excluding hydrogens is 436 g/mol. The van der Waals surface area contributed by atoms with Crippen molar-refractivity contribution in [1.29, 1.82) is 0 Å². The highest BCUT2D eigenvalue weighted by atomic mass is 32.1. The van der Waals surface area contributed by atoms with E-state index in [2.05, 4.69) is 11.4 Å². The van der Waals surface area contributed by atoms with Gasteiger partial charge in [-0.3, -0.25) is 14.5 Å². The van der Waals surface area contributed by atoms with E-state index in [0.717, 1.165) is 33.8 Å². The first-order chi connectivity index (χ1) is 15.8. The molecule has 8 heteroatoms. The Morgan fingerprint density at radius 3 is 2.52 bits per heavy atom. The molecule has 5 rings (SSSR count). The number of aryl methyl sites for hydroxylation is 1. The van der Waals surface area contributed by atoms with E-state index < -0.39 is 17.5 Å². The number of imide groups is 1. The molecule has 0 radical (unpaired) electrons. The summed E-state index contributed by atoms with van der Waals surface area (Å²) in [7, 11) is 0. The number of rotatable bonds is 4. The van der Waals surface area contributed by atoms with Crippen molar-refractivity contribution >= 4 is 39.4 Å². The Bertz CT molecular complexity index is 1200. The number of likely N-dealkylation sites (tertiary alicyclic amines) is 1. The number of benzene rings is 2. The van der Waals surface area contributed by atoms with Gasteiger partial charge in [0.05, 0.1) is 15.2 Å². The molecule has 1 unspecified atom stereocenters. The van der Waals surface area contributed by atoms with Crippen LogP contribution in [0.1, 0.15) is 41.8 Å². The summed E-state index contributed by atoms with van der Waals surface area (Å²) in [6.07, 6.45) is 1.65. The van der Waals surface area contributed by atoms with Gasteiger partial charge in [0.2, 0.25) is 5.91 Å². The van der Waals surface area contributed by atoms with E-state index in [1.807, 2.05) is 49.4 Å². The molecule has 170 valence electrons. The van der Waals surface area contributed by atoms with Gasteiger partial charge in [-0.2, -0.15) is 0 Å². The van der Waals surface area contributed by atoms with Crippen LogP contribution in [0.4, 0.5) is 4.79 Å². The summed E-state index contributed by atoms with van der Waals surface area (Å²) in [6, 6.07) is 15.1. The number of piperidine rings is 1. The van der Waals surface area contributed by atoms with Crippen LogP contribution in [0.5, 0.6) is 0 Å². The summed E-state index contributed by atoms with van der Waals surface area (Å²) in [5.41, 5.74) is 1.63. The van der Waals surface area contributed by atoms with Gasteiger partial charge in [-0.05, 0) is 44.4 Å². The number of amides is 4. The van der Waals surface area contributed by atoms with Crippen molar-refractivity contribution in [3.63, 3.8) is 0 Å². The van der Waals surface area contributed by atoms with E-state index in [-0.39, 0.29) is 12.5 Å². The SMILES string of the molecule is Cc1ccc(C2(C)NC(=O)N(CC(=O)N3CCC(c4nc5ccccc5s4)CC3)C2=O)cc1. The van der Waals surface area contributed by atoms with Gasteiger partial charge in [0, 0.05) is 19.0 Å². The first kappa shape index (κ1) is 21.6. The summed E-state index contributed by atoms with van der Waals surface area (Å²) in [6.45, 7) is 4.60. The van der Waals surface area contributed by atoms with Gasteiger partial charge in [0.25, 0.3) is 5.91 Å². The zero-order chi connectivity index (χ0) is 23.2. The van der Waals surface area contributed by atoms with E-state index in [4.69, 9.17) is 4.98 Å². The molecule has 1 atom stereocenters. The third-order valence-electron chi connectivity index (χ3n) is 6.70. The highest BCUT2D eigenvalue weighted by Crippen LogP contribution is 2.34. The first-order valence-corrected chi connectivity index (χ1v) is 12.0. The fraction of sp³-hybridized carbons (Fsp3) is 0.360. The van der Waals surface area contributed by atoms with Crippen LogP contribution < -0.4 is 5.32 Å². The third kappa shape index (κ3) is 3.88. The molecule has 2 fully saturated rings. The van der Waals surface area contributed by atoms with Crippen molar-refractivity contribution in [2.45, 2.75) is 38.1 Å². The topological polar surface area (TPSA) is 82.6 Å². The normalized spacial score (nSPS) is 21.6. The van der Waals surface area contributed by atoms with E-state index in [1.54, 1.807) is 23.2 Å². The van der Waals surface area contributed by atoms with Gasteiger partial charge in [-0.15, -0.1) is 11.3 Å². The summed E-state index contributed by atoms with van der Waals surface area (Å²) >= 11 is 1.72. The molecule has 1 N–H and O–H groups in total. The fourth-order valence-electron chi connectivity index (χ4n) is 4.60. The Morgan fingerprint density at radius 2 is 1.82 bits per heavy atom. The predicted octanol–water partition coefficient (Wildman–Crippen LogP) is 3.78. The van der Waals surface area contributed by atoms with Crippen LogP contribution in [-0.4, -0.2) is 52.3 Å². The number of thiazole rings is 1. The number of carbonyl (C=O) groups excluding carboxylic acids is 3. The average Bonchev–Trinajstić information content (AvgIpc) is 3.35. The number of hydrogen-bond donors (Lipinski definition) is 1. The Labute approximate surface area is 196 Å². The molecule has 7 nitrogen and oxygen atoms in total. The lowest BCUT2D eigenvalue weighted by molar-refractivity contribution is -0.139. The highest BCUT2D eigenvalue weighted by Gasteiger charge is 2.49. The Hall–Kier alpha value is -3.26. The predicted molar refractivity (Wildman–Crippen MR) is 127 cm³/mol. The van der Waals surface area contributed by atoms with Crippen LogP contribution in [0, 0.1) is 6.92 Å². The van der Waals surface area contributed by atoms with Gasteiger partial charge in [0.15, 0.2) is 0 Å². The number of fused-ring (bicyclic) bond motifs is 1. The summed E-state index contributed by atoms with van der Waals surface area (Å²) in [4.78, 5) is 46.3. The molecule has 2 aliphatic heterocycles. The van der Waals surface area contributed by atoms with Crippen LogP contribution >= 0.6 is 11.3 Å². The lowest BCUT2D eigenvalue weighted by Crippen LogP contribution is -2.46. The van der Waals surface area contributed by atoms with E-state index in [0.29, 0.717) is 24.6 Å². The highest BCUT2D eigenvalue weighted by molar-refractivity contribution is 7.18. The molecule has 2 saturated heterocycles. The second kappa shape index (κ2) is 8.26. The number of hydrogen-bond acceptors (Lipinski definition) is 5. The van der Waals surface area contributed by atoms with E-state index in [9.17, 15) is 14.4 Å². The zero-order valence-corrected chi connectivity index (χ0v) is 19.5. The zero-order valence-electron chi connectivity index (χ0n) is 18.7. The van der Waals surface area contributed by atoms with Crippen molar-refractivity contribution in [1.82, 2.24) is 20.1 Å². The molecule has 2 aliphatic rings. The van der Waals surface area contributed by atoms with Gasteiger partial charge >= 0.3 is 6.03 Å². The summed E-state index contributed by atoms with van der Waals surface area (Å²) < 4.78 is 1.18. The lowest BCUT2D eigenvalue weighted by atomic mass is 9.91. The molecule has 3 heterocycles. The summed E-state index contributed by atoms with van der Waals surface area (Å²) in [5, 5.41) is 3.89. The second-order valence-electron chi connectivity index (χ2n) is 8.99. The lowest BCUT2D eigenvalue weighted by Gasteiger charge is -2.32. The maximum atomic E-state index is 13.1. The smallest absolute Gasteiger partial charge is 0.325 e. The third-order valence-corrected chi connectivity index (χ3v) is 7.90. The standard InChI is InChI=1S/C25H26N4O3S/c1-16-7-9-18(10-8-16)25(2)23(31)29(24(32)27-25)15-21(30)28-13-11-17(12-14-28)22-26-19-5-3-4-6-20(19)33-22/h3-10,17H,11-15H2,1-2H3,(H,27,32). The molecule has 0 saturated carbocycles. The number of aromatic nitrogens is 1. The molecular formula is C25H26N4O3S. The molecule has 2 aromatic carbocycles. The Kier molecular flexibility index (Phi) is 5.40. The van der Waals surface area contributed by atoms with Crippen LogP contribution in [-0.2, 0) is 15.1 Å². The Morgan fingerprint density at radius 1 is 1.12 bits per heavy atom. The minimum absolute atomic E-state index is 0.200. The number of carbonyl (C=O) groups is 3. The average molecular weight is 463 g/mol. The molecule has 0 aliphatic carbocycles. The minimum Gasteiger partial charge on any atom is -0.341 e. The van der Waals surface area contributed by atoms with Crippen LogP contribution in [0.3, 0.4) is 0 Å². The number of nitrogens with zero attached hydrogens (tertiary/aromatic N) is 3. The fourth-order valence-corrected chi connectivity index (χ4v) is 5.74. The van der Waals surface area contributed by atoms with Gasteiger partial charge < -0.3 is 10.2 Å². The number of para-hydroxylation sites is 1. The van der Waals surface area contributed by atoms with Crippen molar-refractivity contribution < 1.29 is 14.4 Å². The second-order valence-corrected chi connectivity index (χ2v) is 10.0. The van der Waals surface area contributed by atoms with Gasteiger partial charge in [-0.1, -0.05) is 42.0 Å². The van der Waals surface area contributed by atoms with Gasteiger partial charge in [0.1, 0.15) is 12.1 Å². The van der Waals surface area contributed by atoms with Crippen molar-refractivity contribution in [3.05, 3.63) is 64.7 Å². The summed E-state index contributed by atoms with van der Waals surface area (Å²) in [5.74, 6) is -0.267. The van der Waals surface area contributed by atoms with E-state index in [1.165, 1.54) is 4.70 Å². The molecule has 4 amide bonds. The maximum Gasteiger partial charge on any atom is 0.325 e. The molecule has 3 aromatic rings. The van der Waals surface area contributed by atoms with Crippen molar-refractivity contribution in [2.24, 2.45) is 0 Å².